The molecule has 0 aliphatic rings. The van der Waals surface area contributed by atoms with Crippen LogP contribution < -0.4 is 28.4 Å². The number of hydrogen-bond donors (Lipinski definition) is 0. The summed E-state index contributed by atoms with van der Waals surface area (Å²) >= 11 is 0. The molecule has 0 fully saturated rings. The maximum absolute atomic E-state index is 2.12. The SMILES string of the molecule is CC=c1c(=CC)[n+](=CC)[n+](=CC)[n+](=CC)[n+]1=CC. The molecule has 1 rings (SSSR count). The van der Waals surface area contributed by atoms with Crippen LogP contribution in [0, 0.1) is 24.9 Å². The van der Waals surface area contributed by atoms with Gasteiger partial charge >= 0.3 is 19.6 Å². The van der Waals surface area contributed by atoms with Gasteiger partial charge in [0.05, 0.1) is 0 Å². The van der Waals surface area contributed by atoms with Crippen LogP contribution in [-0.2, 0) is 0 Å². The Labute approximate surface area is 107 Å². The first-order valence-electron chi connectivity index (χ1n) is 6.37. The lowest BCUT2D eigenvalue weighted by Crippen LogP contribution is -2.86. The van der Waals surface area contributed by atoms with Crippen molar-refractivity contribution in [3.8, 4) is 0 Å². The second kappa shape index (κ2) is 6.19. The average molecular weight is 248 g/mol. The lowest BCUT2D eigenvalue weighted by molar-refractivity contribution is -1.49. The highest BCUT2D eigenvalue weighted by Crippen LogP contribution is 1.52. The third-order valence-corrected chi connectivity index (χ3v) is 2.91. The minimum absolute atomic E-state index is 1.16. The zero-order valence-electron chi connectivity index (χ0n) is 12.3. The van der Waals surface area contributed by atoms with Crippen molar-refractivity contribution < 1.29 is 17.7 Å². The maximum atomic E-state index is 2.12. The van der Waals surface area contributed by atoms with Crippen molar-refractivity contribution >= 4 is 12.2 Å². The van der Waals surface area contributed by atoms with Gasteiger partial charge < -0.3 is 0 Å². The highest BCUT2D eigenvalue weighted by molar-refractivity contribution is 5.16. The molecule has 4 heteroatoms. The third-order valence-electron chi connectivity index (χ3n) is 2.91. The van der Waals surface area contributed by atoms with Crippen LogP contribution in [0.25, 0.3) is 12.2 Å². The van der Waals surface area contributed by atoms with Crippen LogP contribution in [0.3, 0.4) is 0 Å². The number of nitrogens with zero attached hydrogens (tertiary/aromatic N) is 4. The van der Waals surface area contributed by atoms with Gasteiger partial charge in [-0.2, -0.15) is 0 Å². The van der Waals surface area contributed by atoms with Crippen molar-refractivity contribution in [2.75, 3.05) is 0 Å². The summed E-state index contributed by atoms with van der Waals surface area (Å²) in [5.41, 5.74) is 0. The first kappa shape index (κ1) is 14.2. The Morgan fingerprint density at radius 1 is 0.556 bits per heavy atom. The molecule has 1 heterocycles. The Morgan fingerprint density at radius 3 is 1.06 bits per heavy atom. The quantitative estimate of drug-likeness (QED) is 0.502. The van der Waals surface area contributed by atoms with Crippen molar-refractivity contribution in [2.24, 2.45) is 0 Å². The zero-order chi connectivity index (χ0) is 13.7. The summed E-state index contributed by atoms with van der Waals surface area (Å²) in [6.45, 7) is 12.2. The Kier molecular flexibility index (Phi) is 4.89. The molecule has 0 radical (unpaired) electrons. The van der Waals surface area contributed by atoms with E-state index >= 15 is 0 Å². The van der Waals surface area contributed by atoms with E-state index in [1.165, 1.54) is 0 Å². The average Bonchev–Trinajstić information content (AvgIpc) is 2.43. The van der Waals surface area contributed by atoms with Gasteiger partial charge in [-0.1, -0.05) is 0 Å². The van der Waals surface area contributed by atoms with Gasteiger partial charge in [0.2, 0.25) is 12.4 Å². The second-order valence-corrected chi connectivity index (χ2v) is 3.71. The van der Waals surface area contributed by atoms with Gasteiger partial charge in [0, 0.05) is 27.7 Å². The lowest BCUT2D eigenvalue weighted by Gasteiger charge is -1.74. The molecule has 0 aromatic carbocycles. The molecular weight excluding hydrogens is 224 g/mol. The smallest absolute Gasteiger partial charge is 0.0396 e. The van der Waals surface area contributed by atoms with E-state index in [-0.39, 0.29) is 0 Å². The van der Waals surface area contributed by atoms with Crippen molar-refractivity contribution in [3.05, 3.63) is 35.6 Å². The molecule has 0 saturated heterocycles. The van der Waals surface area contributed by atoms with E-state index in [0.717, 1.165) is 10.7 Å². The van der Waals surface area contributed by atoms with E-state index in [1.54, 1.807) is 0 Å². The standard InChI is InChI=1S/C14H24N4/c1-7-13-14(8-2)16(10-4)18(12-6)17(11-5)15(13)9-3/h7-12H,1-6H3/q+4. The van der Waals surface area contributed by atoms with Crippen LogP contribution in [0.15, 0.2) is 0 Å². The van der Waals surface area contributed by atoms with Crippen LogP contribution in [-0.4, -0.2) is 0 Å². The van der Waals surface area contributed by atoms with Crippen molar-refractivity contribution in [3.63, 3.8) is 0 Å². The van der Waals surface area contributed by atoms with E-state index in [4.69, 9.17) is 0 Å². The van der Waals surface area contributed by atoms with Gasteiger partial charge in [0.15, 0.2) is 0 Å². The molecule has 0 bridgehead atoms. The lowest BCUT2D eigenvalue weighted by atomic mass is 10.4. The predicted molar refractivity (Wildman–Crippen MR) is 68.2 cm³/mol. The van der Waals surface area contributed by atoms with Crippen LogP contribution in [0.1, 0.15) is 41.5 Å². The third kappa shape index (κ3) is 2.10. The second-order valence-electron chi connectivity index (χ2n) is 3.71. The molecule has 0 aliphatic carbocycles. The molecule has 0 spiro atoms. The summed E-state index contributed by atoms with van der Waals surface area (Å²) in [4.78, 5) is 0. The Hall–Kier alpha value is -1.84. The Morgan fingerprint density at radius 2 is 0.889 bits per heavy atom. The van der Waals surface area contributed by atoms with Crippen molar-refractivity contribution in [2.45, 2.75) is 41.5 Å². The van der Waals surface area contributed by atoms with Gasteiger partial charge in [-0.3, -0.25) is 0 Å². The summed E-state index contributed by atoms with van der Waals surface area (Å²) in [5, 5.41) is 2.32. The minimum atomic E-state index is 1.16. The highest BCUT2D eigenvalue weighted by Gasteiger charge is 2.24. The van der Waals surface area contributed by atoms with E-state index in [1.807, 2.05) is 40.1 Å². The molecule has 1 aromatic heterocycles. The summed E-state index contributed by atoms with van der Waals surface area (Å²) in [7, 11) is 0. The van der Waals surface area contributed by atoms with Crippen LogP contribution in [0.4, 0.5) is 0 Å². The van der Waals surface area contributed by atoms with E-state index in [9.17, 15) is 0 Å². The molecule has 18 heavy (non-hydrogen) atoms. The predicted octanol–water partition coefficient (Wildman–Crippen LogP) is -1.44. The topological polar surface area (TPSA) is 23.6 Å². The largest absolute Gasteiger partial charge is 0.356 e. The van der Waals surface area contributed by atoms with E-state index in [0.29, 0.717) is 0 Å². The summed E-state index contributed by atoms with van der Waals surface area (Å²) in [6, 6.07) is 0. The van der Waals surface area contributed by atoms with Crippen molar-refractivity contribution in [1.29, 1.82) is 0 Å². The molecule has 0 N–H and O–H groups in total. The van der Waals surface area contributed by atoms with Gasteiger partial charge in [-0.25, -0.2) is 0 Å². The first-order chi connectivity index (χ1) is 8.69. The molecule has 0 unspecified atom stereocenters. The number of rotatable bonds is 0. The molecule has 1 aromatic rings. The van der Waals surface area contributed by atoms with Crippen LogP contribution in [0.2, 0.25) is 0 Å². The summed E-state index contributed by atoms with van der Waals surface area (Å²) < 4.78 is 8.36. The van der Waals surface area contributed by atoms with Crippen molar-refractivity contribution in [1.82, 2.24) is 0 Å². The number of aromatic nitrogens is 4. The van der Waals surface area contributed by atoms with Gasteiger partial charge in [-0.05, 0) is 26.0 Å². The number of hydrogen-bond acceptors (Lipinski definition) is 0. The fourth-order valence-corrected chi connectivity index (χ4v) is 2.21. The summed E-state index contributed by atoms with van der Waals surface area (Å²) in [6.07, 6.45) is 12.4. The summed E-state index contributed by atoms with van der Waals surface area (Å²) in [5.74, 6) is 0. The molecule has 0 amide bonds. The highest BCUT2D eigenvalue weighted by atomic mass is 15.6. The first-order valence-corrected chi connectivity index (χ1v) is 6.37. The van der Waals surface area contributed by atoms with Gasteiger partial charge in [0.1, 0.15) is 8.71 Å². The molecule has 0 atom stereocenters. The van der Waals surface area contributed by atoms with E-state index in [2.05, 4.69) is 56.1 Å². The Bertz CT molecular complexity index is 570. The maximum Gasteiger partial charge on any atom is 0.356 e. The Balaban J connectivity index is 4.64. The van der Waals surface area contributed by atoms with Crippen LogP contribution >= 0.6 is 0 Å². The van der Waals surface area contributed by atoms with Gasteiger partial charge in [-0.15, -0.1) is 0 Å². The normalized spacial score (nSPS) is 18.3. The zero-order valence-corrected chi connectivity index (χ0v) is 12.3. The molecule has 4 nitrogen and oxygen atoms in total. The van der Waals surface area contributed by atoms with Crippen LogP contribution in [0.5, 0.6) is 0 Å². The molecular formula is C14H24N4+4. The van der Waals surface area contributed by atoms with E-state index < -0.39 is 0 Å². The molecule has 96 valence electrons. The fourth-order valence-electron chi connectivity index (χ4n) is 2.21. The molecule has 0 aliphatic heterocycles. The monoisotopic (exact) mass is 248 g/mol. The fraction of sp³-hybridized carbons (Fsp3) is 0.429. The van der Waals surface area contributed by atoms with Gasteiger partial charge in [0.25, 0.3) is 12.4 Å². The minimum Gasteiger partial charge on any atom is -0.0396 e. The molecule has 0 saturated carbocycles.